The summed E-state index contributed by atoms with van der Waals surface area (Å²) in [4.78, 5) is 16.8. The summed E-state index contributed by atoms with van der Waals surface area (Å²) in [6.45, 7) is 0. The van der Waals surface area contributed by atoms with Crippen molar-refractivity contribution < 1.29 is 22.0 Å². The summed E-state index contributed by atoms with van der Waals surface area (Å²) < 4.78 is 70.9. The minimum Gasteiger partial charge on any atom is -0.368 e. The molecule has 0 aliphatic heterocycles. The van der Waals surface area contributed by atoms with E-state index in [4.69, 9.17) is 5.73 Å². The van der Waals surface area contributed by atoms with Gasteiger partial charge in [-0.05, 0) is 78.9 Å². The third kappa shape index (κ3) is 4.71. The number of rotatable bonds is 6. The van der Waals surface area contributed by atoms with Gasteiger partial charge >= 0.3 is 6.18 Å². The molecular formula is C26H19F5N8. The number of alkyl halides is 3. The van der Waals surface area contributed by atoms with Gasteiger partial charge in [0.2, 0.25) is 5.95 Å². The number of nitrogens with two attached hydrogens (primary N) is 1. The number of hydrogen-bond donors (Lipinski definition) is 2. The Hall–Kier alpha value is -4.68. The Morgan fingerprint density at radius 1 is 0.923 bits per heavy atom. The second-order valence-electron chi connectivity index (χ2n) is 9.34. The molecule has 1 saturated carbocycles. The predicted molar refractivity (Wildman–Crippen MR) is 133 cm³/mol. The number of nitrogen functional groups attached to an aromatic ring is 1. The molecule has 13 heteroatoms. The molecule has 3 N–H and O–H groups in total. The largest absolute Gasteiger partial charge is 0.411 e. The Morgan fingerprint density at radius 3 is 2.36 bits per heavy atom. The zero-order valence-electron chi connectivity index (χ0n) is 20.0. The number of aromatic nitrogens is 6. The first-order chi connectivity index (χ1) is 18.6. The maximum absolute atomic E-state index is 14.6. The molecule has 0 unspecified atom stereocenters. The third-order valence-electron chi connectivity index (χ3n) is 6.56. The number of benzene rings is 2. The summed E-state index contributed by atoms with van der Waals surface area (Å²) in [6, 6.07) is 11.5. The molecule has 0 bridgehead atoms. The molecule has 39 heavy (non-hydrogen) atoms. The summed E-state index contributed by atoms with van der Waals surface area (Å²) in [5, 5.41) is 6.54. The van der Waals surface area contributed by atoms with Crippen molar-refractivity contribution in [3.8, 4) is 16.9 Å². The lowest BCUT2D eigenvalue weighted by molar-refractivity contribution is -0.151. The molecule has 0 amide bonds. The highest BCUT2D eigenvalue weighted by molar-refractivity contribution is 5.91. The van der Waals surface area contributed by atoms with Crippen LogP contribution in [0.3, 0.4) is 0 Å². The van der Waals surface area contributed by atoms with Gasteiger partial charge in [0, 0.05) is 5.56 Å². The van der Waals surface area contributed by atoms with Gasteiger partial charge in [-0.25, -0.2) is 28.4 Å². The fourth-order valence-electron chi connectivity index (χ4n) is 4.44. The summed E-state index contributed by atoms with van der Waals surface area (Å²) in [5.41, 5.74) is 6.37. The molecule has 3 heterocycles. The van der Waals surface area contributed by atoms with Crippen molar-refractivity contribution in [2.75, 3.05) is 11.1 Å². The zero-order valence-corrected chi connectivity index (χ0v) is 20.0. The SMILES string of the molecule is Nc1nc(NC2(C(F)(F)F)CC2)c2nc(-c3ccc(F)cc3)cc(Cc3cc(F)cc(-n4cncn4)c3)c2n1. The lowest BCUT2D eigenvalue weighted by Crippen LogP contribution is -2.39. The molecule has 1 aliphatic carbocycles. The minimum atomic E-state index is -4.52. The van der Waals surface area contributed by atoms with E-state index in [0.29, 0.717) is 28.1 Å². The maximum Gasteiger partial charge on any atom is 0.411 e. The van der Waals surface area contributed by atoms with Crippen LogP contribution in [0.25, 0.3) is 28.0 Å². The maximum atomic E-state index is 14.6. The monoisotopic (exact) mass is 538 g/mol. The third-order valence-corrected chi connectivity index (χ3v) is 6.56. The Morgan fingerprint density at radius 2 is 1.69 bits per heavy atom. The van der Waals surface area contributed by atoms with Gasteiger partial charge in [0.25, 0.3) is 0 Å². The van der Waals surface area contributed by atoms with Crippen molar-refractivity contribution in [1.82, 2.24) is 29.7 Å². The highest BCUT2D eigenvalue weighted by atomic mass is 19.4. The van der Waals surface area contributed by atoms with Crippen molar-refractivity contribution in [1.29, 1.82) is 0 Å². The average Bonchev–Trinajstić information content (AvgIpc) is 3.47. The number of anilines is 2. The summed E-state index contributed by atoms with van der Waals surface area (Å²) in [6.07, 6.45) is -1.91. The normalized spacial score (nSPS) is 14.5. The minimum absolute atomic E-state index is 0.0597. The molecule has 1 aliphatic rings. The number of nitrogens with zero attached hydrogens (tertiary/aromatic N) is 6. The lowest BCUT2D eigenvalue weighted by atomic mass is 10.0. The van der Waals surface area contributed by atoms with E-state index >= 15 is 0 Å². The second kappa shape index (κ2) is 8.96. The van der Waals surface area contributed by atoms with E-state index < -0.39 is 23.3 Å². The van der Waals surface area contributed by atoms with E-state index in [-0.39, 0.29) is 42.1 Å². The van der Waals surface area contributed by atoms with Crippen LogP contribution in [0.15, 0.2) is 61.2 Å². The van der Waals surface area contributed by atoms with Gasteiger partial charge in [-0.1, -0.05) is 0 Å². The molecular weight excluding hydrogens is 519 g/mol. The van der Waals surface area contributed by atoms with E-state index in [1.165, 1.54) is 53.7 Å². The van der Waals surface area contributed by atoms with Crippen molar-refractivity contribution >= 4 is 22.8 Å². The van der Waals surface area contributed by atoms with Gasteiger partial charge in [0.1, 0.15) is 40.9 Å². The standard InChI is InChI=1S/C26H19F5N8/c27-17-3-1-15(2-4-17)20-10-16(7-14-8-18(28)11-19(9-14)39-13-33-12-34-39)21-22(35-20)23(37-24(32)36-21)38-25(5-6-25)26(29,30)31/h1-4,8-13H,5-7H2,(H3,32,36,37,38). The van der Waals surface area contributed by atoms with Crippen LogP contribution in [0, 0.1) is 11.6 Å². The summed E-state index contributed by atoms with van der Waals surface area (Å²) in [7, 11) is 0. The van der Waals surface area contributed by atoms with E-state index in [2.05, 4.69) is 30.4 Å². The average molecular weight is 538 g/mol. The second-order valence-corrected chi connectivity index (χ2v) is 9.34. The number of pyridine rings is 1. The molecule has 0 saturated heterocycles. The van der Waals surface area contributed by atoms with Crippen LogP contribution in [-0.4, -0.2) is 41.4 Å². The Kier molecular flexibility index (Phi) is 5.66. The van der Waals surface area contributed by atoms with E-state index in [0.717, 1.165) is 0 Å². The number of fused-ring (bicyclic) bond motifs is 1. The lowest BCUT2D eigenvalue weighted by Gasteiger charge is -2.22. The fourth-order valence-corrected chi connectivity index (χ4v) is 4.44. The van der Waals surface area contributed by atoms with E-state index in [1.54, 1.807) is 12.1 Å². The van der Waals surface area contributed by atoms with E-state index in [9.17, 15) is 22.0 Å². The Labute approximate surface area is 217 Å². The Bertz CT molecular complexity index is 1680. The summed E-state index contributed by atoms with van der Waals surface area (Å²) >= 11 is 0. The molecule has 3 aromatic heterocycles. The van der Waals surface area contributed by atoms with Crippen LogP contribution >= 0.6 is 0 Å². The van der Waals surface area contributed by atoms with Crippen LogP contribution in [0.2, 0.25) is 0 Å². The van der Waals surface area contributed by atoms with Gasteiger partial charge in [-0.15, -0.1) is 0 Å². The van der Waals surface area contributed by atoms with Crippen LogP contribution in [0.4, 0.5) is 33.7 Å². The van der Waals surface area contributed by atoms with Crippen molar-refractivity contribution in [2.24, 2.45) is 0 Å². The summed E-state index contributed by atoms with van der Waals surface area (Å²) in [5.74, 6) is -1.39. The quantitative estimate of drug-likeness (QED) is 0.285. The van der Waals surface area contributed by atoms with Crippen molar-refractivity contribution in [3.05, 3.63) is 83.9 Å². The molecule has 0 radical (unpaired) electrons. The molecule has 6 rings (SSSR count). The molecule has 5 aromatic rings. The molecule has 2 aromatic carbocycles. The molecule has 0 spiro atoms. The van der Waals surface area contributed by atoms with Crippen LogP contribution in [0.5, 0.6) is 0 Å². The first-order valence-corrected chi connectivity index (χ1v) is 11.8. The van der Waals surface area contributed by atoms with Gasteiger partial charge in [-0.3, -0.25) is 0 Å². The van der Waals surface area contributed by atoms with Crippen LogP contribution in [-0.2, 0) is 6.42 Å². The fraction of sp³-hybridized carbons (Fsp3) is 0.192. The molecule has 198 valence electrons. The van der Waals surface area contributed by atoms with Gasteiger partial charge < -0.3 is 11.1 Å². The van der Waals surface area contributed by atoms with Gasteiger partial charge in [0.05, 0.1) is 11.4 Å². The highest BCUT2D eigenvalue weighted by Crippen LogP contribution is 2.51. The number of halogens is 5. The van der Waals surface area contributed by atoms with Crippen molar-refractivity contribution in [2.45, 2.75) is 31.0 Å². The first kappa shape index (κ1) is 24.6. The van der Waals surface area contributed by atoms with E-state index in [1.807, 2.05) is 0 Å². The number of nitrogens with one attached hydrogen (secondary N) is 1. The smallest absolute Gasteiger partial charge is 0.368 e. The van der Waals surface area contributed by atoms with Gasteiger partial charge in [0.15, 0.2) is 5.82 Å². The Balaban J connectivity index is 1.52. The molecule has 0 atom stereocenters. The predicted octanol–water partition coefficient (Wildman–Crippen LogP) is 5.23. The van der Waals surface area contributed by atoms with Gasteiger partial charge in [-0.2, -0.15) is 23.3 Å². The molecule has 1 fully saturated rings. The van der Waals surface area contributed by atoms with Crippen LogP contribution in [0.1, 0.15) is 24.0 Å². The first-order valence-electron chi connectivity index (χ1n) is 11.8. The van der Waals surface area contributed by atoms with Crippen LogP contribution < -0.4 is 11.1 Å². The zero-order chi connectivity index (χ0) is 27.4. The molecule has 8 nitrogen and oxygen atoms in total. The highest BCUT2D eigenvalue weighted by Gasteiger charge is 2.64. The number of hydrogen-bond acceptors (Lipinski definition) is 7. The van der Waals surface area contributed by atoms with Crippen molar-refractivity contribution in [3.63, 3.8) is 0 Å². The topological polar surface area (TPSA) is 107 Å².